The number of aromatic hydroxyl groups is 1. The summed E-state index contributed by atoms with van der Waals surface area (Å²) in [5.41, 5.74) is 7.93. The first-order chi connectivity index (χ1) is 14.2. The van der Waals surface area contributed by atoms with Crippen molar-refractivity contribution in [2.24, 2.45) is 0 Å². The van der Waals surface area contributed by atoms with Crippen molar-refractivity contribution >= 4 is 10.9 Å². The molecule has 0 fully saturated rings. The van der Waals surface area contributed by atoms with E-state index in [0.717, 1.165) is 24.1 Å². The molecule has 4 aromatic rings. The second kappa shape index (κ2) is 7.14. The molecule has 29 heavy (non-hydrogen) atoms. The smallest absolute Gasteiger partial charge is 0.133 e. The largest absolute Gasteiger partial charge is 0.507 e. The predicted octanol–water partition coefficient (Wildman–Crippen LogP) is 5.81. The highest BCUT2D eigenvalue weighted by atomic mass is 16.3. The minimum atomic E-state index is 0.0251. The fraction of sp³-hybridized carbons (Fsp3) is 0.192. The van der Waals surface area contributed by atoms with Crippen molar-refractivity contribution in [3.8, 4) is 22.9 Å². The number of hydrogen-bond acceptors (Lipinski definition) is 2. The van der Waals surface area contributed by atoms with Crippen LogP contribution < -0.4 is 0 Å². The quantitative estimate of drug-likeness (QED) is 0.489. The Hall–Kier alpha value is -3.51. The van der Waals surface area contributed by atoms with Crippen LogP contribution in [0.1, 0.15) is 35.2 Å². The normalized spacial score (nSPS) is 13.2. The van der Waals surface area contributed by atoms with Crippen LogP contribution in [0.5, 0.6) is 5.75 Å². The topological polar surface area (TPSA) is 49.0 Å². The van der Waals surface area contributed by atoms with Crippen molar-refractivity contribution < 1.29 is 5.11 Å². The molecule has 0 amide bonds. The van der Waals surface area contributed by atoms with E-state index in [9.17, 15) is 5.11 Å². The van der Waals surface area contributed by atoms with Crippen molar-refractivity contribution in [2.75, 3.05) is 0 Å². The van der Waals surface area contributed by atoms with Crippen molar-refractivity contribution in [3.05, 3.63) is 89.1 Å². The Morgan fingerprint density at radius 3 is 2.48 bits per heavy atom. The third kappa shape index (κ3) is 3.07. The van der Waals surface area contributed by atoms with Gasteiger partial charge in [-0.2, -0.15) is 5.26 Å². The van der Waals surface area contributed by atoms with Gasteiger partial charge in [0.2, 0.25) is 0 Å². The monoisotopic (exact) mass is 378 g/mol. The van der Waals surface area contributed by atoms with Gasteiger partial charge in [0.05, 0.1) is 5.56 Å². The van der Waals surface area contributed by atoms with Gasteiger partial charge in [-0.3, -0.25) is 0 Å². The Bertz CT molecular complexity index is 1240. The van der Waals surface area contributed by atoms with Crippen molar-refractivity contribution in [3.63, 3.8) is 0 Å². The molecule has 3 aromatic carbocycles. The number of phenols is 1. The fourth-order valence-corrected chi connectivity index (χ4v) is 4.56. The van der Waals surface area contributed by atoms with E-state index in [0.29, 0.717) is 5.56 Å². The maximum atomic E-state index is 9.73. The first-order valence-corrected chi connectivity index (χ1v) is 10.2. The highest BCUT2D eigenvalue weighted by molar-refractivity contribution is 5.86. The first-order valence-electron chi connectivity index (χ1n) is 10.2. The van der Waals surface area contributed by atoms with E-state index in [1.54, 1.807) is 12.1 Å². The van der Waals surface area contributed by atoms with Crippen LogP contribution >= 0.6 is 0 Å². The maximum Gasteiger partial charge on any atom is 0.133 e. The van der Waals surface area contributed by atoms with Crippen molar-refractivity contribution in [1.82, 2.24) is 4.57 Å². The molecule has 0 unspecified atom stereocenters. The second-order valence-corrected chi connectivity index (χ2v) is 7.78. The number of aromatic nitrogens is 1. The van der Waals surface area contributed by atoms with Gasteiger partial charge in [0.1, 0.15) is 11.8 Å². The molecular formula is C26H22N2O. The van der Waals surface area contributed by atoms with Crippen LogP contribution in [0, 0.1) is 11.3 Å². The molecule has 1 aliphatic carbocycles. The van der Waals surface area contributed by atoms with E-state index >= 15 is 0 Å². The highest BCUT2D eigenvalue weighted by Crippen LogP contribution is 2.33. The molecule has 1 aromatic heterocycles. The molecule has 3 heteroatoms. The molecule has 0 saturated heterocycles. The molecular weight excluding hydrogens is 356 g/mol. The van der Waals surface area contributed by atoms with Gasteiger partial charge in [-0.05, 0) is 66.1 Å². The number of phenolic OH excluding ortho intramolecular Hbond substituents is 1. The van der Waals surface area contributed by atoms with Crippen molar-refractivity contribution in [1.29, 1.82) is 5.26 Å². The summed E-state index contributed by atoms with van der Waals surface area (Å²) in [6, 6.07) is 24.5. The number of fused-ring (bicyclic) bond motifs is 3. The number of nitriles is 1. The Labute approximate surface area is 170 Å². The lowest BCUT2D eigenvalue weighted by molar-refractivity contribution is 0.473. The number of nitrogens with zero attached hydrogens (tertiary/aromatic N) is 2. The van der Waals surface area contributed by atoms with Crippen LogP contribution in [0.3, 0.4) is 0 Å². The summed E-state index contributed by atoms with van der Waals surface area (Å²) in [5.74, 6) is 0.0251. The van der Waals surface area contributed by atoms with Crippen LogP contribution in [0.15, 0.2) is 66.7 Å². The second-order valence-electron chi connectivity index (χ2n) is 7.78. The van der Waals surface area contributed by atoms with Crippen LogP contribution in [0.4, 0.5) is 0 Å². The number of hydrogen-bond donors (Lipinski definition) is 1. The van der Waals surface area contributed by atoms with Crippen molar-refractivity contribution in [2.45, 2.75) is 32.2 Å². The Morgan fingerprint density at radius 1 is 0.897 bits per heavy atom. The average molecular weight is 378 g/mol. The minimum absolute atomic E-state index is 0.0251. The van der Waals surface area contributed by atoms with Crippen LogP contribution in [0.2, 0.25) is 0 Å². The molecule has 0 radical (unpaired) electrons. The number of rotatable bonds is 3. The Kier molecular flexibility index (Phi) is 4.33. The molecule has 0 bridgehead atoms. The number of benzene rings is 3. The van der Waals surface area contributed by atoms with E-state index in [2.05, 4.69) is 53.1 Å². The lowest BCUT2D eigenvalue weighted by Crippen LogP contribution is -2.09. The molecule has 5 rings (SSSR count). The van der Waals surface area contributed by atoms with Crippen LogP contribution in [-0.4, -0.2) is 9.67 Å². The van der Waals surface area contributed by atoms with Gasteiger partial charge in [0.15, 0.2) is 0 Å². The van der Waals surface area contributed by atoms with Crippen LogP contribution in [-0.2, 0) is 19.4 Å². The van der Waals surface area contributed by atoms with Gasteiger partial charge in [0, 0.05) is 23.1 Å². The zero-order valence-electron chi connectivity index (χ0n) is 16.2. The highest BCUT2D eigenvalue weighted by Gasteiger charge is 2.19. The zero-order chi connectivity index (χ0) is 19.8. The molecule has 3 nitrogen and oxygen atoms in total. The van der Waals surface area contributed by atoms with Gasteiger partial charge in [0.25, 0.3) is 0 Å². The number of aryl methyl sites for hydroxylation is 1. The third-order valence-electron chi connectivity index (χ3n) is 6.03. The van der Waals surface area contributed by atoms with Gasteiger partial charge >= 0.3 is 0 Å². The first kappa shape index (κ1) is 17.6. The SMILES string of the molecule is N#Cc1cc(-c2ccc(Cn3c4c(c5ccccc53)CCCC4)cc2)ccc1O. The molecule has 1 aliphatic rings. The van der Waals surface area contributed by atoms with Gasteiger partial charge in [-0.25, -0.2) is 0 Å². The fourth-order valence-electron chi connectivity index (χ4n) is 4.56. The van der Waals surface area contributed by atoms with E-state index in [1.165, 1.54) is 47.0 Å². The van der Waals surface area contributed by atoms with Crippen LogP contribution in [0.25, 0.3) is 22.0 Å². The minimum Gasteiger partial charge on any atom is -0.507 e. The molecule has 142 valence electrons. The lowest BCUT2D eigenvalue weighted by atomic mass is 9.95. The van der Waals surface area contributed by atoms with Gasteiger partial charge in [-0.1, -0.05) is 48.5 Å². The predicted molar refractivity (Wildman–Crippen MR) is 116 cm³/mol. The zero-order valence-corrected chi connectivity index (χ0v) is 16.2. The van der Waals surface area contributed by atoms with E-state index in [4.69, 9.17) is 5.26 Å². The molecule has 1 heterocycles. The van der Waals surface area contributed by atoms with E-state index in [-0.39, 0.29) is 5.75 Å². The average Bonchev–Trinajstić information content (AvgIpc) is 3.09. The number of para-hydroxylation sites is 1. The molecule has 1 N–H and O–H groups in total. The summed E-state index contributed by atoms with van der Waals surface area (Å²) in [5, 5.41) is 20.3. The standard InChI is InChI=1S/C26H22N2O/c27-16-21-15-20(13-14-26(21)29)19-11-9-18(10-12-19)17-28-24-7-3-1-5-22(24)23-6-2-4-8-25(23)28/h1,3,5,7,9-15,29H,2,4,6,8,17H2. The van der Waals surface area contributed by atoms with Gasteiger partial charge < -0.3 is 9.67 Å². The molecule has 0 spiro atoms. The Morgan fingerprint density at radius 2 is 1.66 bits per heavy atom. The maximum absolute atomic E-state index is 9.73. The summed E-state index contributed by atoms with van der Waals surface area (Å²) in [4.78, 5) is 0. The molecule has 0 aliphatic heterocycles. The summed E-state index contributed by atoms with van der Waals surface area (Å²) in [7, 11) is 0. The molecule has 0 atom stereocenters. The van der Waals surface area contributed by atoms with Gasteiger partial charge in [-0.15, -0.1) is 0 Å². The lowest BCUT2D eigenvalue weighted by Gasteiger charge is -2.16. The third-order valence-corrected chi connectivity index (χ3v) is 6.03. The summed E-state index contributed by atoms with van der Waals surface area (Å²) in [6.07, 6.45) is 4.90. The van der Waals surface area contributed by atoms with E-state index < -0.39 is 0 Å². The Balaban J connectivity index is 1.49. The summed E-state index contributed by atoms with van der Waals surface area (Å²) >= 11 is 0. The molecule has 0 saturated carbocycles. The summed E-state index contributed by atoms with van der Waals surface area (Å²) in [6.45, 7) is 0.870. The van der Waals surface area contributed by atoms with E-state index in [1.807, 2.05) is 12.1 Å². The summed E-state index contributed by atoms with van der Waals surface area (Å²) < 4.78 is 2.49.